The topological polar surface area (TPSA) is 103 Å². The van der Waals surface area contributed by atoms with E-state index in [-0.39, 0.29) is 17.1 Å². The molecule has 0 fully saturated rings. The molecule has 4 aromatic rings. The molecule has 0 atom stereocenters. The van der Waals surface area contributed by atoms with Gasteiger partial charge in [-0.25, -0.2) is 9.78 Å². The first-order chi connectivity index (χ1) is 16.0. The van der Waals surface area contributed by atoms with Gasteiger partial charge in [0, 0.05) is 22.2 Å². The van der Waals surface area contributed by atoms with Crippen LogP contribution in [0.2, 0.25) is 5.02 Å². The zero-order valence-corrected chi connectivity index (χ0v) is 18.2. The van der Waals surface area contributed by atoms with Gasteiger partial charge >= 0.3 is 5.97 Å². The molecular weight excluding hydrogens is 446 g/mol. The molecule has 8 nitrogen and oxygen atoms in total. The van der Waals surface area contributed by atoms with Crippen LogP contribution in [0.5, 0.6) is 11.5 Å². The lowest BCUT2D eigenvalue weighted by Crippen LogP contribution is -2.20. The van der Waals surface area contributed by atoms with Crippen LogP contribution in [-0.2, 0) is 4.79 Å². The van der Waals surface area contributed by atoms with Crippen LogP contribution in [0.3, 0.4) is 0 Å². The van der Waals surface area contributed by atoms with Crippen molar-refractivity contribution in [2.24, 2.45) is 5.10 Å². The molecule has 0 amide bonds. The molecule has 0 radical (unpaired) electrons. The number of hydrogen-bond donors (Lipinski definition) is 1. The number of aromatic nitrogens is 2. The Labute approximate surface area is 193 Å². The number of fused-ring (bicyclic) bond motifs is 1. The molecule has 166 valence electrons. The van der Waals surface area contributed by atoms with Crippen LogP contribution in [0.15, 0.2) is 76.6 Å². The van der Waals surface area contributed by atoms with E-state index in [2.05, 4.69) is 10.1 Å². The fraction of sp³-hybridized carbons (Fsp3) is 0.0833. The number of para-hydroxylation sites is 1. The van der Waals surface area contributed by atoms with Gasteiger partial charge in [0.2, 0.25) is 0 Å². The minimum absolute atomic E-state index is 0.135. The minimum Gasteiger partial charge on any atom is -0.493 e. The summed E-state index contributed by atoms with van der Waals surface area (Å²) in [5.41, 5.74) is 1.21. The van der Waals surface area contributed by atoms with Gasteiger partial charge in [-0.05, 0) is 18.2 Å². The Morgan fingerprint density at radius 2 is 1.88 bits per heavy atom. The highest BCUT2D eigenvalue weighted by Crippen LogP contribution is 2.34. The number of ether oxygens (including phenoxy) is 2. The van der Waals surface area contributed by atoms with Crippen LogP contribution in [0.25, 0.3) is 22.3 Å². The summed E-state index contributed by atoms with van der Waals surface area (Å²) < 4.78 is 11.9. The van der Waals surface area contributed by atoms with Crippen LogP contribution in [0, 0.1) is 0 Å². The fourth-order valence-corrected chi connectivity index (χ4v) is 3.47. The summed E-state index contributed by atoms with van der Waals surface area (Å²) in [6.45, 7) is -0.592. The molecule has 1 aromatic heterocycles. The summed E-state index contributed by atoms with van der Waals surface area (Å²) in [4.78, 5) is 28.9. The zero-order valence-electron chi connectivity index (χ0n) is 17.4. The lowest BCUT2D eigenvalue weighted by atomic mass is 10.2. The number of hydrogen-bond acceptors (Lipinski definition) is 6. The van der Waals surface area contributed by atoms with Crippen molar-refractivity contribution in [3.05, 3.63) is 87.7 Å². The number of carbonyl (C=O) groups is 1. The Bertz CT molecular complexity index is 1420. The highest BCUT2D eigenvalue weighted by Gasteiger charge is 2.15. The maximum absolute atomic E-state index is 13.3. The number of nitrogens with zero attached hydrogens (tertiary/aromatic N) is 3. The lowest BCUT2D eigenvalue weighted by molar-refractivity contribution is -0.139. The van der Waals surface area contributed by atoms with Crippen molar-refractivity contribution in [3.63, 3.8) is 0 Å². The lowest BCUT2D eigenvalue weighted by Gasteiger charge is -2.13. The third-order valence-electron chi connectivity index (χ3n) is 4.71. The molecule has 9 heteroatoms. The summed E-state index contributed by atoms with van der Waals surface area (Å²) in [7, 11) is 1.41. The zero-order chi connectivity index (χ0) is 23.4. The predicted molar refractivity (Wildman–Crippen MR) is 126 cm³/mol. The molecule has 0 aliphatic carbocycles. The van der Waals surface area contributed by atoms with Gasteiger partial charge in [-0.1, -0.05) is 54.1 Å². The molecule has 1 N–H and O–H groups in total. The minimum atomic E-state index is -1.16. The third kappa shape index (κ3) is 4.70. The predicted octanol–water partition coefficient (Wildman–Crippen LogP) is 4.07. The third-order valence-corrected chi connectivity index (χ3v) is 4.92. The Kier molecular flexibility index (Phi) is 6.37. The van der Waals surface area contributed by atoms with Gasteiger partial charge in [-0.15, -0.1) is 0 Å². The van der Waals surface area contributed by atoms with Gasteiger partial charge in [-0.3, -0.25) is 4.79 Å². The van der Waals surface area contributed by atoms with Crippen LogP contribution < -0.4 is 15.0 Å². The quantitative estimate of drug-likeness (QED) is 0.414. The van der Waals surface area contributed by atoms with E-state index in [4.69, 9.17) is 26.2 Å². The molecular formula is C24H18ClN3O5. The summed E-state index contributed by atoms with van der Waals surface area (Å²) in [5.74, 6) is -0.442. The molecule has 33 heavy (non-hydrogen) atoms. The molecule has 0 unspecified atom stereocenters. The van der Waals surface area contributed by atoms with Gasteiger partial charge in [0.15, 0.2) is 23.9 Å². The Hall–Kier alpha value is -4.17. The fourth-order valence-electron chi connectivity index (χ4n) is 3.25. The van der Waals surface area contributed by atoms with E-state index in [1.165, 1.54) is 30.1 Å². The van der Waals surface area contributed by atoms with Gasteiger partial charge in [0.1, 0.15) is 0 Å². The normalized spacial score (nSPS) is 11.1. The Morgan fingerprint density at radius 3 is 2.61 bits per heavy atom. The molecule has 0 aliphatic heterocycles. The Balaban J connectivity index is 1.90. The van der Waals surface area contributed by atoms with E-state index in [1.807, 2.05) is 36.4 Å². The van der Waals surface area contributed by atoms with E-state index in [1.54, 1.807) is 18.2 Å². The van der Waals surface area contributed by atoms with Crippen molar-refractivity contribution in [2.75, 3.05) is 13.7 Å². The number of benzene rings is 3. The van der Waals surface area contributed by atoms with Crippen LogP contribution in [-0.4, -0.2) is 40.7 Å². The number of halogens is 1. The first-order valence-corrected chi connectivity index (χ1v) is 10.2. The number of aliphatic carboxylic acids is 1. The average molecular weight is 464 g/mol. The van der Waals surface area contributed by atoms with Crippen molar-refractivity contribution in [3.8, 4) is 22.9 Å². The van der Waals surface area contributed by atoms with Crippen LogP contribution in [0.4, 0.5) is 0 Å². The van der Waals surface area contributed by atoms with Crippen LogP contribution >= 0.6 is 11.6 Å². The second kappa shape index (κ2) is 9.54. The van der Waals surface area contributed by atoms with E-state index in [0.29, 0.717) is 32.9 Å². The first-order valence-electron chi connectivity index (χ1n) is 9.81. The number of carboxylic acid groups (broad SMARTS) is 1. The van der Waals surface area contributed by atoms with Gasteiger partial charge in [0.05, 0.1) is 24.2 Å². The van der Waals surface area contributed by atoms with E-state index >= 15 is 0 Å². The molecule has 0 saturated carbocycles. The summed E-state index contributed by atoms with van der Waals surface area (Å²) in [6.07, 6.45) is 1.36. The molecule has 0 aliphatic rings. The van der Waals surface area contributed by atoms with Crippen LogP contribution in [0.1, 0.15) is 5.56 Å². The molecule has 0 bridgehead atoms. The molecule has 0 saturated heterocycles. The highest BCUT2D eigenvalue weighted by molar-refractivity contribution is 6.31. The van der Waals surface area contributed by atoms with Gasteiger partial charge < -0.3 is 14.6 Å². The van der Waals surface area contributed by atoms with E-state index in [0.717, 1.165) is 0 Å². The second-order valence-electron chi connectivity index (χ2n) is 6.89. The standard InChI is InChI=1S/C24H18ClN3O5/c1-32-20-12-17(25)11-16(22(20)33-14-21(29)30)13-26-28-23(15-7-3-2-4-8-15)27-19-10-6-5-9-18(19)24(28)31/h2-13H,14H2,1H3,(H,29,30). The highest BCUT2D eigenvalue weighted by atomic mass is 35.5. The summed E-state index contributed by atoms with van der Waals surface area (Å²) >= 11 is 6.19. The van der Waals surface area contributed by atoms with Crippen molar-refractivity contribution in [1.82, 2.24) is 9.66 Å². The molecule has 0 spiro atoms. The second-order valence-corrected chi connectivity index (χ2v) is 7.33. The molecule has 1 heterocycles. The van der Waals surface area contributed by atoms with E-state index < -0.39 is 12.6 Å². The van der Waals surface area contributed by atoms with Crippen molar-refractivity contribution in [2.45, 2.75) is 0 Å². The largest absolute Gasteiger partial charge is 0.493 e. The molecule has 4 rings (SSSR count). The van der Waals surface area contributed by atoms with E-state index in [9.17, 15) is 9.59 Å². The Morgan fingerprint density at radius 1 is 1.15 bits per heavy atom. The molecule has 3 aromatic carbocycles. The van der Waals surface area contributed by atoms with Gasteiger partial charge in [0.25, 0.3) is 5.56 Å². The number of rotatable bonds is 7. The van der Waals surface area contributed by atoms with Crippen molar-refractivity contribution in [1.29, 1.82) is 0 Å². The SMILES string of the molecule is COc1cc(Cl)cc(C=Nn2c(-c3ccccc3)nc3ccccc3c2=O)c1OCC(=O)O. The number of carboxylic acids is 1. The first kappa shape index (κ1) is 22.0. The average Bonchev–Trinajstić information content (AvgIpc) is 2.82. The van der Waals surface area contributed by atoms with Crippen molar-refractivity contribution < 1.29 is 19.4 Å². The number of methoxy groups -OCH3 is 1. The monoisotopic (exact) mass is 463 g/mol. The smallest absolute Gasteiger partial charge is 0.341 e. The maximum atomic E-state index is 13.3. The summed E-state index contributed by atoms with van der Waals surface area (Å²) in [5, 5.41) is 14.1. The van der Waals surface area contributed by atoms with Crippen molar-refractivity contribution >= 4 is 34.7 Å². The summed E-state index contributed by atoms with van der Waals surface area (Å²) in [6, 6.07) is 19.2. The maximum Gasteiger partial charge on any atom is 0.341 e. The van der Waals surface area contributed by atoms with Gasteiger partial charge in [-0.2, -0.15) is 9.78 Å².